The average Bonchev–Trinajstić information content (AvgIpc) is 2.41. The smallest absolute Gasteiger partial charge is 0.221 e. The largest absolute Gasteiger partial charge is 0.399 e. The molecule has 0 aliphatic heterocycles. The summed E-state index contributed by atoms with van der Waals surface area (Å²) in [7, 11) is -3.76. The van der Waals surface area contributed by atoms with Crippen molar-refractivity contribution in [1.29, 1.82) is 0 Å². The first-order chi connectivity index (χ1) is 9.80. The Bertz CT molecular complexity index is 784. The highest BCUT2D eigenvalue weighted by Gasteiger charge is 2.20. The molecule has 2 aromatic carbocycles. The number of hydrogen-bond acceptors (Lipinski definition) is 5. The number of carbonyl (C=O) groups excluding carboxylic acids is 1. The van der Waals surface area contributed by atoms with Gasteiger partial charge in [0.25, 0.3) is 0 Å². The summed E-state index contributed by atoms with van der Waals surface area (Å²) in [5, 5.41) is 2.57. The van der Waals surface area contributed by atoms with Crippen LogP contribution in [-0.4, -0.2) is 14.3 Å². The molecule has 0 aliphatic carbocycles. The van der Waals surface area contributed by atoms with E-state index in [0.29, 0.717) is 11.4 Å². The molecule has 6 nitrogen and oxygen atoms in total. The Labute approximate surface area is 122 Å². The van der Waals surface area contributed by atoms with Crippen molar-refractivity contribution >= 4 is 32.8 Å². The van der Waals surface area contributed by atoms with Gasteiger partial charge in [-0.1, -0.05) is 0 Å². The Hall–Kier alpha value is -2.54. The monoisotopic (exact) mass is 305 g/mol. The molecule has 0 radical (unpaired) electrons. The normalized spacial score (nSPS) is 11.1. The molecule has 110 valence electrons. The predicted octanol–water partition coefficient (Wildman–Crippen LogP) is 1.64. The quantitative estimate of drug-likeness (QED) is 0.746. The topological polar surface area (TPSA) is 115 Å². The van der Waals surface area contributed by atoms with Crippen LogP contribution in [0, 0.1) is 0 Å². The van der Waals surface area contributed by atoms with Crippen LogP contribution in [-0.2, 0) is 14.6 Å². The fraction of sp³-hybridized carbons (Fsp3) is 0.0714. The van der Waals surface area contributed by atoms with E-state index in [1.165, 1.54) is 49.4 Å². The zero-order valence-electron chi connectivity index (χ0n) is 11.3. The van der Waals surface area contributed by atoms with Gasteiger partial charge in [-0.05, 0) is 42.5 Å². The number of sulfone groups is 1. The highest BCUT2D eigenvalue weighted by Crippen LogP contribution is 2.28. The first kappa shape index (κ1) is 14.9. The van der Waals surface area contributed by atoms with Gasteiger partial charge in [0.1, 0.15) is 0 Å². The first-order valence-electron chi connectivity index (χ1n) is 6.08. The first-order valence-corrected chi connectivity index (χ1v) is 7.57. The average molecular weight is 305 g/mol. The molecule has 21 heavy (non-hydrogen) atoms. The van der Waals surface area contributed by atoms with Crippen LogP contribution in [0.4, 0.5) is 17.1 Å². The van der Waals surface area contributed by atoms with Crippen LogP contribution in [0.3, 0.4) is 0 Å². The Balaban J connectivity index is 2.44. The van der Waals surface area contributed by atoms with E-state index in [0.717, 1.165) is 0 Å². The fourth-order valence-corrected chi connectivity index (χ4v) is 3.25. The van der Waals surface area contributed by atoms with Crippen molar-refractivity contribution in [3.8, 4) is 0 Å². The van der Waals surface area contributed by atoms with Crippen LogP contribution in [0.5, 0.6) is 0 Å². The number of nitrogens with one attached hydrogen (secondary N) is 1. The summed E-state index contributed by atoms with van der Waals surface area (Å²) in [4.78, 5) is 11.0. The molecule has 0 saturated carbocycles. The van der Waals surface area contributed by atoms with Crippen LogP contribution in [0.1, 0.15) is 6.92 Å². The molecule has 0 heterocycles. The molecule has 0 atom stereocenters. The van der Waals surface area contributed by atoms with E-state index in [1.807, 2.05) is 0 Å². The predicted molar refractivity (Wildman–Crippen MR) is 81.5 cm³/mol. The molecular weight excluding hydrogens is 290 g/mol. The highest BCUT2D eigenvalue weighted by molar-refractivity contribution is 7.91. The van der Waals surface area contributed by atoms with E-state index < -0.39 is 9.84 Å². The SMILES string of the molecule is CC(=O)Nc1ccc(S(=O)(=O)c2cc(N)ccc2N)cc1. The maximum absolute atomic E-state index is 12.5. The summed E-state index contributed by atoms with van der Waals surface area (Å²) in [6.45, 7) is 1.37. The van der Waals surface area contributed by atoms with Crippen molar-refractivity contribution in [3.63, 3.8) is 0 Å². The van der Waals surface area contributed by atoms with Gasteiger partial charge in [0.15, 0.2) is 0 Å². The summed E-state index contributed by atoms with van der Waals surface area (Å²) in [6.07, 6.45) is 0. The maximum atomic E-state index is 12.5. The van der Waals surface area contributed by atoms with Crippen LogP contribution in [0.15, 0.2) is 52.3 Å². The van der Waals surface area contributed by atoms with Crippen molar-refractivity contribution in [2.24, 2.45) is 0 Å². The van der Waals surface area contributed by atoms with E-state index >= 15 is 0 Å². The zero-order chi connectivity index (χ0) is 15.6. The molecule has 7 heteroatoms. The third-order valence-electron chi connectivity index (χ3n) is 2.81. The molecule has 2 rings (SSSR count). The van der Waals surface area contributed by atoms with Gasteiger partial charge in [-0.25, -0.2) is 8.42 Å². The van der Waals surface area contributed by atoms with Crippen LogP contribution >= 0.6 is 0 Å². The van der Waals surface area contributed by atoms with Gasteiger partial charge in [-0.15, -0.1) is 0 Å². The van der Waals surface area contributed by atoms with Crippen molar-refractivity contribution in [1.82, 2.24) is 0 Å². The van der Waals surface area contributed by atoms with Gasteiger partial charge in [0, 0.05) is 18.3 Å². The van der Waals surface area contributed by atoms with Crippen LogP contribution in [0.25, 0.3) is 0 Å². The van der Waals surface area contributed by atoms with Gasteiger partial charge in [-0.3, -0.25) is 4.79 Å². The Morgan fingerprint density at radius 1 is 1.05 bits per heavy atom. The number of nitrogens with two attached hydrogens (primary N) is 2. The van der Waals surface area contributed by atoms with E-state index in [2.05, 4.69) is 5.32 Å². The standard InChI is InChI=1S/C14H15N3O3S/c1-9(18)17-11-3-5-12(6-4-11)21(19,20)14-8-10(15)2-7-13(14)16/h2-8H,15-16H2,1H3,(H,17,18). The minimum atomic E-state index is -3.76. The summed E-state index contributed by atoms with van der Waals surface area (Å²) in [6, 6.07) is 10.1. The lowest BCUT2D eigenvalue weighted by Gasteiger charge is -2.09. The molecule has 1 amide bonds. The maximum Gasteiger partial charge on any atom is 0.221 e. The molecule has 0 bridgehead atoms. The summed E-state index contributed by atoms with van der Waals surface area (Å²) >= 11 is 0. The summed E-state index contributed by atoms with van der Waals surface area (Å²) < 4.78 is 25.0. The number of anilines is 3. The number of amides is 1. The number of nitrogen functional groups attached to an aromatic ring is 2. The molecule has 5 N–H and O–H groups in total. The molecule has 0 aliphatic rings. The fourth-order valence-electron chi connectivity index (χ4n) is 1.83. The Morgan fingerprint density at radius 2 is 1.67 bits per heavy atom. The third kappa shape index (κ3) is 3.14. The summed E-state index contributed by atoms with van der Waals surface area (Å²) in [5.41, 5.74) is 12.3. The molecule has 2 aromatic rings. The molecular formula is C14H15N3O3S. The number of rotatable bonds is 3. The third-order valence-corrected chi connectivity index (χ3v) is 4.64. The number of benzene rings is 2. The zero-order valence-corrected chi connectivity index (χ0v) is 12.1. The molecule has 0 fully saturated rings. The Kier molecular flexibility index (Phi) is 3.86. The molecule has 0 spiro atoms. The second-order valence-electron chi connectivity index (χ2n) is 4.51. The van der Waals surface area contributed by atoms with E-state index in [9.17, 15) is 13.2 Å². The number of carbonyl (C=O) groups is 1. The molecule has 0 saturated heterocycles. The van der Waals surface area contributed by atoms with Gasteiger partial charge in [0.05, 0.1) is 15.5 Å². The van der Waals surface area contributed by atoms with E-state index in [-0.39, 0.29) is 21.4 Å². The van der Waals surface area contributed by atoms with Gasteiger partial charge in [-0.2, -0.15) is 0 Å². The van der Waals surface area contributed by atoms with Crippen molar-refractivity contribution < 1.29 is 13.2 Å². The van der Waals surface area contributed by atoms with Gasteiger partial charge >= 0.3 is 0 Å². The molecule has 0 unspecified atom stereocenters. The van der Waals surface area contributed by atoms with Crippen LogP contribution in [0.2, 0.25) is 0 Å². The van der Waals surface area contributed by atoms with Gasteiger partial charge < -0.3 is 16.8 Å². The second-order valence-corrected chi connectivity index (χ2v) is 6.42. The van der Waals surface area contributed by atoms with Crippen molar-refractivity contribution in [3.05, 3.63) is 42.5 Å². The lowest BCUT2D eigenvalue weighted by atomic mass is 10.3. The minimum Gasteiger partial charge on any atom is -0.399 e. The number of hydrogen-bond donors (Lipinski definition) is 3. The van der Waals surface area contributed by atoms with Crippen molar-refractivity contribution in [2.75, 3.05) is 16.8 Å². The minimum absolute atomic E-state index is 0.0326. The Morgan fingerprint density at radius 3 is 2.24 bits per heavy atom. The van der Waals surface area contributed by atoms with Gasteiger partial charge in [0.2, 0.25) is 15.7 Å². The van der Waals surface area contributed by atoms with Crippen LogP contribution < -0.4 is 16.8 Å². The lowest BCUT2D eigenvalue weighted by molar-refractivity contribution is -0.114. The van der Waals surface area contributed by atoms with E-state index in [4.69, 9.17) is 11.5 Å². The molecule has 0 aromatic heterocycles. The van der Waals surface area contributed by atoms with Crippen molar-refractivity contribution in [2.45, 2.75) is 16.7 Å². The lowest BCUT2D eigenvalue weighted by Crippen LogP contribution is -2.08. The van der Waals surface area contributed by atoms with E-state index in [1.54, 1.807) is 0 Å². The highest BCUT2D eigenvalue weighted by atomic mass is 32.2. The summed E-state index contributed by atoms with van der Waals surface area (Å²) in [5.74, 6) is -0.231. The second kappa shape index (κ2) is 5.45.